The maximum absolute atomic E-state index is 5.37. The molecular formula is C14H24N4O. The lowest BCUT2D eigenvalue weighted by atomic mass is 10.2. The average Bonchev–Trinajstić information content (AvgIpc) is 3.10. The molecule has 106 valence electrons. The van der Waals surface area contributed by atoms with Gasteiger partial charge in [-0.05, 0) is 19.4 Å². The number of aromatic nitrogens is 1. The van der Waals surface area contributed by atoms with E-state index >= 15 is 0 Å². The molecule has 3 heterocycles. The lowest BCUT2D eigenvalue weighted by Gasteiger charge is -2.37. The first-order valence-electron chi connectivity index (χ1n) is 7.46. The molecule has 0 amide bonds. The number of hydrogen-bond donors (Lipinski definition) is 1. The lowest BCUT2D eigenvalue weighted by molar-refractivity contribution is 0.0920. The normalized spacial score (nSPS) is 26.1. The Morgan fingerprint density at radius 2 is 2.21 bits per heavy atom. The third-order valence-corrected chi connectivity index (χ3v) is 4.31. The van der Waals surface area contributed by atoms with Crippen molar-refractivity contribution in [2.75, 3.05) is 39.3 Å². The summed E-state index contributed by atoms with van der Waals surface area (Å²) in [6.45, 7) is 10.0. The molecule has 19 heavy (non-hydrogen) atoms. The van der Waals surface area contributed by atoms with E-state index in [1.54, 1.807) is 0 Å². The van der Waals surface area contributed by atoms with Crippen LogP contribution in [-0.2, 0) is 13.0 Å². The van der Waals surface area contributed by atoms with E-state index in [1.807, 2.05) is 0 Å². The van der Waals surface area contributed by atoms with E-state index in [0.29, 0.717) is 0 Å². The van der Waals surface area contributed by atoms with Crippen LogP contribution in [0.3, 0.4) is 0 Å². The third-order valence-electron chi connectivity index (χ3n) is 4.31. The zero-order valence-electron chi connectivity index (χ0n) is 11.8. The molecule has 1 aromatic heterocycles. The zero-order valence-corrected chi connectivity index (χ0v) is 11.8. The molecule has 2 aliphatic heterocycles. The van der Waals surface area contributed by atoms with Crippen LogP contribution in [0.25, 0.3) is 0 Å². The summed E-state index contributed by atoms with van der Waals surface area (Å²) in [4.78, 5) is 5.10. The van der Waals surface area contributed by atoms with Gasteiger partial charge in [0.1, 0.15) is 0 Å². The topological polar surface area (TPSA) is 44.5 Å². The second-order valence-electron chi connectivity index (χ2n) is 5.60. The summed E-state index contributed by atoms with van der Waals surface area (Å²) < 4.78 is 5.37. The van der Waals surface area contributed by atoms with Crippen LogP contribution in [0.15, 0.2) is 10.6 Å². The van der Waals surface area contributed by atoms with Crippen LogP contribution >= 0.6 is 0 Å². The van der Waals surface area contributed by atoms with E-state index in [0.717, 1.165) is 43.6 Å². The molecule has 5 nitrogen and oxygen atoms in total. The molecule has 0 unspecified atom stereocenters. The van der Waals surface area contributed by atoms with Crippen molar-refractivity contribution in [3.63, 3.8) is 0 Å². The van der Waals surface area contributed by atoms with Gasteiger partial charge in [0.15, 0.2) is 5.76 Å². The molecule has 2 fully saturated rings. The molecule has 3 rings (SSSR count). The van der Waals surface area contributed by atoms with Crippen LogP contribution < -0.4 is 5.32 Å². The molecule has 1 aromatic rings. The molecule has 0 radical (unpaired) electrons. The van der Waals surface area contributed by atoms with Gasteiger partial charge in [-0.2, -0.15) is 0 Å². The Balaban J connectivity index is 1.47. The third kappa shape index (κ3) is 3.16. The Kier molecular flexibility index (Phi) is 4.15. The van der Waals surface area contributed by atoms with Gasteiger partial charge in [-0.1, -0.05) is 12.1 Å². The summed E-state index contributed by atoms with van der Waals surface area (Å²) in [5, 5.41) is 7.51. The number of piperazine rings is 1. The molecule has 1 atom stereocenters. The van der Waals surface area contributed by atoms with Crippen molar-refractivity contribution in [3.05, 3.63) is 17.5 Å². The Labute approximate surface area is 114 Å². The highest BCUT2D eigenvalue weighted by Gasteiger charge is 2.26. The molecule has 0 spiro atoms. The van der Waals surface area contributed by atoms with Crippen molar-refractivity contribution in [1.29, 1.82) is 0 Å². The molecule has 0 saturated carbocycles. The van der Waals surface area contributed by atoms with Gasteiger partial charge >= 0.3 is 0 Å². The van der Waals surface area contributed by atoms with Crippen molar-refractivity contribution in [2.45, 2.75) is 32.4 Å². The molecule has 5 heteroatoms. The van der Waals surface area contributed by atoms with Crippen LogP contribution in [-0.4, -0.2) is 60.3 Å². The molecule has 0 aliphatic carbocycles. The van der Waals surface area contributed by atoms with E-state index in [1.165, 1.54) is 32.6 Å². The minimum absolute atomic E-state index is 0.763. The first kappa shape index (κ1) is 13.1. The van der Waals surface area contributed by atoms with Crippen LogP contribution in [0.2, 0.25) is 0 Å². The quantitative estimate of drug-likeness (QED) is 0.868. The van der Waals surface area contributed by atoms with E-state index in [2.05, 4.69) is 33.3 Å². The van der Waals surface area contributed by atoms with Crippen LogP contribution in [0, 0.1) is 0 Å². The number of aryl methyl sites for hydroxylation is 1. The smallest absolute Gasteiger partial charge is 0.150 e. The summed E-state index contributed by atoms with van der Waals surface area (Å²) in [6.07, 6.45) is 2.26. The highest BCUT2D eigenvalue weighted by molar-refractivity contribution is 5.05. The van der Waals surface area contributed by atoms with E-state index in [-0.39, 0.29) is 0 Å². The van der Waals surface area contributed by atoms with E-state index in [9.17, 15) is 0 Å². The minimum atomic E-state index is 0.763. The van der Waals surface area contributed by atoms with Gasteiger partial charge in [0, 0.05) is 44.8 Å². The van der Waals surface area contributed by atoms with Crippen LogP contribution in [0.4, 0.5) is 0 Å². The Hall–Kier alpha value is -0.910. The number of nitrogens with zero attached hydrogens (tertiary/aromatic N) is 3. The molecule has 1 N–H and O–H groups in total. The summed E-state index contributed by atoms with van der Waals surface area (Å²) in [5.41, 5.74) is 1.06. The van der Waals surface area contributed by atoms with Crippen molar-refractivity contribution in [2.24, 2.45) is 0 Å². The molecule has 2 aliphatic rings. The number of rotatable bonds is 4. The maximum atomic E-state index is 5.37. The standard InChI is InChI=1S/C14H24N4O/c1-2-12-9-14(19-16-12)11-17-5-7-18(8-6-17)13-3-4-15-10-13/h9,13,15H,2-8,10-11H2,1H3/t13-/m0/s1. The first-order valence-corrected chi connectivity index (χ1v) is 7.46. The largest absolute Gasteiger partial charge is 0.360 e. The summed E-state index contributed by atoms with van der Waals surface area (Å²) in [6, 6.07) is 2.85. The van der Waals surface area contributed by atoms with Crippen molar-refractivity contribution in [1.82, 2.24) is 20.3 Å². The van der Waals surface area contributed by atoms with Gasteiger partial charge in [0.25, 0.3) is 0 Å². The molecule has 0 aromatic carbocycles. The summed E-state index contributed by atoms with van der Waals surface area (Å²) in [7, 11) is 0. The van der Waals surface area contributed by atoms with E-state index in [4.69, 9.17) is 4.52 Å². The number of nitrogens with one attached hydrogen (secondary N) is 1. The highest BCUT2D eigenvalue weighted by Crippen LogP contribution is 2.14. The van der Waals surface area contributed by atoms with Crippen molar-refractivity contribution >= 4 is 0 Å². The van der Waals surface area contributed by atoms with Crippen molar-refractivity contribution in [3.8, 4) is 0 Å². The second-order valence-corrected chi connectivity index (χ2v) is 5.60. The summed E-state index contributed by atoms with van der Waals surface area (Å²) >= 11 is 0. The van der Waals surface area contributed by atoms with Crippen molar-refractivity contribution < 1.29 is 4.52 Å². The predicted octanol–water partition coefficient (Wildman–Crippen LogP) is 0.717. The average molecular weight is 264 g/mol. The van der Waals surface area contributed by atoms with Gasteiger partial charge in [-0.3, -0.25) is 9.80 Å². The fourth-order valence-electron chi connectivity index (χ4n) is 3.05. The van der Waals surface area contributed by atoms with Gasteiger partial charge < -0.3 is 9.84 Å². The Morgan fingerprint density at radius 1 is 1.37 bits per heavy atom. The molecule has 0 bridgehead atoms. The van der Waals surface area contributed by atoms with Gasteiger partial charge in [0.05, 0.1) is 12.2 Å². The van der Waals surface area contributed by atoms with Gasteiger partial charge in [0.2, 0.25) is 0 Å². The zero-order chi connectivity index (χ0) is 13.1. The Bertz CT molecular complexity index is 392. The fourth-order valence-corrected chi connectivity index (χ4v) is 3.05. The fraction of sp³-hybridized carbons (Fsp3) is 0.786. The summed E-state index contributed by atoms with van der Waals surface area (Å²) in [5.74, 6) is 1.01. The Morgan fingerprint density at radius 3 is 2.84 bits per heavy atom. The maximum Gasteiger partial charge on any atom is 0.150 e. The second kappa shape index (κ2) is 6.03. The highest BCUT2D eigenvalue weighted by atomic mass is 16.5. The monoisotopic (exact) mass is 264 g/mol. The molecular weight excluding hydrogens is 240 g/mol. The lowest BCUT2D eigenvalue weighted by Crippen LogP contribution is -2.50. The molecule has 2 saturated heterocycles. The van der Waals surface area contributed by atoms with Crippen LogP contribution in [0.1, 0.15) is 24.8 Å². The SMILES string of the molecule is CCc1cc(CN2CCN([C@H]3CCNC3)CC2)on1. The minimum Gasteiger partial charge on any atom is -0.360 e. The van der Waals surface area contributed by atoms with Crippen LogP contribution in [0.5, 0.6) is 0 Å². The predicted molar refractivity (Wildman–Crippen MR) is 74.0 cm³/mol. The first-order chi connectivity index (χ1) is 9.35. The van der Waals surface area contributed by atoms with Gasteiger partial charge in [-0.15, -0.1) is 0 Å². The number of hydrogen-bond acceptors (Lipinski definition) is 5. The van der Waals surface area contributed by atoms with E-state index < -0.39 is 0 Å². The van der Waals surface area contributed by atoms with Gasteiger partial charge in [-0.25, -0.2) is 0 Å².